The van der Waals surface area contributed by atoms with Gasteiger partial charge >= 0.3 is 0 Å². The van der Waals surface area contributed by atoms with Crippen molar-refractivity contribution in [1.82, 2.24) is 5.32 Å². The third kappa shape index (κ3) is 6.62. The molecule has 0 atom stereocenters. The lowest BCUT2D eigenvalue weighted by Gasteiger charge is -2.09. The third-order valence-corrected chi connectivity index (χ3v) is 4.13. The predicted molar refractivity (Wildman–Crippen MR) is 93.2 cm³/mol. The number of ether oxygens (including phenoxy) is 2. The van der Waals surface area contributed by atoms with Crippen LogP contribution in [0, 0.1) is 11.6 Å². The molecule has 2 aromatic carbocycles. The van der Waals surface area contributed by atoms with Crippen molar-refractivity contribution in [2.75, 3.05) is 25.5 Å². The minimum Gasteiger partial charge on any atom is -0.494 e. The summed E-state index contributed by atoms with van der Waals surface area (Å²) >= 11 is 1.02. The highest BCUT2D eigenvalue weighted by Gasteiger charge is 2.07. The Hall–Kier alpha value is -2.28. The summed E-state index contributed by atoms with van der Waals surface area (Å²) in [7, 11) is 0. The zero-order chi connectivity index (χ0) is 18.1. The van der Waals surface area contributed by atoms with Gasteiger partial charge in [-0.15, -0.1) is 11.8 Å². The second-order valence-electron chi connectivity index (χ2n) is 4.97. The van der Waals surface area contributed by atoms with Crippen LogP contribution in [0.4, 0.5) is 8.78 Å². The molecule has 1 amide bonds. The molecule has 0 unspecified atom stereocenters. The average molecular weight is 367 g/mol. The van der Waals surface area contributed by atoms with Crippen LogP contribution in [0.1, 0.15) is 6.92 Å². The molecule has 0 bridgehead atoms. The molecule has 0 aliphatic heterocycles. The summed E-state index contributed by atoms with van der Waals surface area (Å²) < 4.78 is 37.1. The molecule has 0 heterocycles. The zero-order valence-electron chi connectivity index (χ0n) is 13.8. The van der Waals surface area contributed by atoms with Crippen molar-refractivity contribution in [3.8, 4) is 11.5 Å². The average Bonchev–Trinajstić information content (AvgIpc) is 2.59. The minimum absolute atomic E-state index is 0.0472. The molecule has 2 aromatic rings. The highest BCUT2D eigenvalue weighted by Crippen LogP contribution is 2.22. The van der Waals surface area contributed by atoms with Crippen molar-refractivity contribution in [2.24, 2.45) is 0 Å². The Morgan fingerprint density at radius 1 is 1.08 bits per heavy atom. The van der Waals surface area contributed by atoms with Crippen molar-refractivity contribution in [2.45, 2.75) is 11.8 Å². The van der Waals surface area contributed by atoms with Crippen LogP contribution in [0.2, 0.25) is 0 Å². The Bertz CT molecular complexity index is 695. The summed E-state index contributed by atoms with van der Waals surface area (Å²) in [6.45, 7) is 3.16. The summed E-state index contributed by atoms with van der Waals surface area (Å²) in [5.41, 5.74) is 0. The summed E-state index contributed by atoms with van der Waals surface area (Å²) in [5, 5.41) is 2.68. The van der Waals surface area contributed by atoms with Gasteiger partial charge in [0.2, 0.25) is 5.91 Å². The largest absolute Gasteiger partial charge is 0.494 e. The first-order chi connectivity index (χ1) is 12.1. The molecule has 0 spiro atoms. The lowest BCUT2D eigenvalue weighted by Crippen LogP contribution is -2.29. The van der Waals surface area contributed by atoms with E-state index in [0.29, 0.717) is 25.5 Å². The maximum atomic E-state index is 13.5. The van der Waals surface area contributed by atoms with Gasteiger partial charge in [-0.05, 0) is 43.3 Å². The number of amides is 1. The number of carbonyl (C=O) groups excluding carboxylic acids is 1. The van der Waals surface area contributed by atoms with Crippen molar-refractivity contribution in [3.63, 3.8) is 0 Å². The molecule has 0 fully saturated rings. The lowest BCUT2D eigenvalue weighted by atomic mass is 10.3. The first-order valence-electron chi connectivity index (χ1n) is 7.78. The molecule has 1 N–H and O–H groups in total. The summed E-state index contributed by atoms with van der Waals surface area (Å²) in [6, 6.07) is 10.5. The number of hydrogen-bond acceptors (Lipinski definition) is 4. The van der Waals surface area contributed by atoms with Crippen LogP contribution in [-0.2, 0) is 4.79 Å². The number of rotatable bonds is 9. The molecule has 25 heavy (non-hydrogen) atoms. The van der Waals surface area contributed by atoms with Crippen molar-refractivity contribution < 1.29 is 23.0 Å². The van der Waals surface area contributed by atoms with E-state index in [4.69, 9.17) is 9.47 Å². The maximum absolute atomic E-state index is 13.5. The second-order valence-corrected chi connectivity index (χ2v) is 5.98. The van der Waals surface area contributed by atoms with E-state index in [1.165, 1.54) is 6.07 Å². The van der Waals surface area contributed by atoms with E-state index in [1.807, 2.05) is 19.1 Å². The Kier molecular flexibility index (Phi) is 7.53. The third-order valence-electron chi connectivity index (χ3n) is 3.08. The van der Waals surface area contributed by atoms with E-state index in [9.17, 15) is 13.6 Å². The van der Waals surface area contributed by atoms with E-state index in [2.05, 4.69) is 5.32 Å². The molecule has 0 radical (unpaired) electrons. The SMILES string of the molecule is CCOc1ccc(OCCNC(=O)CSc2ccc(F)cc2F)cc1. The summed E-state index contributed by atoms with van der Waals surface area (Å²) in [6.07, 6.45) is 0. The Balaban J connectivity index is 1.65. The van der Waals surface area contributed by atoms with Gasteiger partial charge in [-0.3, -0.25) is 4.79 Å². The van der Waals surface area contributed by atoms with Gasteiger partial charge in [0.15, 0.2) is 0 Å². The zero-order valence-corrected chi connectivity index (χ0v) is 14.6. The molecule has 134 valence electrons. The molecule has 7 heteroatoms. The van der Waals surface area contributed by atoms with Crippen LogP contribution in [0.15, 0.2) is 47.4 Å². The van der Waals surface area contributed by atoms with Gasteiger partial charge in [-0.2, -0.15) is 0 Å². The molecule has 0 aliphatic carbocycles. The van der Waals surface area contributed by atoms with Crippen LogP contribution < -0.4 is 14.8 Å². The van der Waals surface area contributed by atoms with Crippen LogP contribution >= 0.6 is 11.8 Å². The van der Waals surface area contributed by atoms with Gasteiger partial charge in [-0.25, -0.2) is 8.78 Å². The number of benzene rings is 2. The van der Waals surface area contributed by atoms with Gasteiger partial charge < -0.3 is 14.8 Å². The van der Waals surface area contributed by atoms with Crippen LogP contribution in [0.5, 0.6) is 11.5 Å². The van der Waals surface area contributed by atoms with Gasteiger partial charge in [0, 0.05) is 11.0 Å². The lowest BCUT2D eigenvalue weighted by molar-refractivity contribution is -0.118. The van der Waals surface area contributed by atoms with E-state index in [-0.39, 0.29) is 16.6 Å². The minimum atomic E-state index is -0.670. The topological polar surface area (TPSA) is 47.6 Å². The van der Waals surface area contributed by atoms with E-state index < -0.39 is 11.6 Å². The Morgan fingerprint density at radius 2 is 1.76 bits per heavy atom. The molecular formula is C18H19F2NO3S. The van der Waals surface area contributed by atoms with Crippen LogP contribution in [0.3, 0.4) is 0 Å². The highest BCUT2D eigenvalue weighted by molar-refractivity contribution is 8.00. The summed E-state index contributed by atoms with van der Waals surface area (Å²) in [4.78, 5) is 12.0. The number of nitrogens with one attached hydrogen (secondary N) is 1. The number of carbonyl (C=O) groups is 1. The fraction of sp³-hybridized carbons (Fsp3) is 0.278. The number of hydrogen-bond donors (Lipinski definition) is 1. The number of thioether (sulfide) groups is 1. The first kappa shape index (κ1) is 19.1. The number of halogens is 2. The van der Waals surface area contributed by atoms with Crippen molar-refractivity contribution >= 4 is 17.7 Å². The normalized spacial score (nSPS) is 10.4. The maximum Gasteiger partial charge on any atom is 0.230 e. The second kappa shape index (κ2) is 9.88. The Morgan fingerprint density at radius 3 is 2.40 bits per heavy atom. The molecule has 0 saturated heterocycles. The van der Waals surface area contributed by atoms with Crippen molar-refractivity contribution in [3.05, 3.63) is 54.1 Å². The molecule has 0 aromatic heterocycles. The van der Waals surface area contributed by atoms with Gasteiger partial charge in [0.05, 0.1) is 18.9 Å². The Labute approximate surface area is 149 Å². The molecule has 2 rings (SSSR count). The van der Waals surface area contributed by atoms with E-state index in [0.717, 1.165) is 29.6 Å². The van der Waals surface area contributed by atoms with Crippen LogP contribution in [-0.4, -0.2) is 31.4 Å². The smallest absolute Gasteiger partial charge is 0.230 e. The molecule has 4 nitrogen and oxygen atoms in total. The molecular weight excluding hydrogens is 348 g/mol. The summed E-state index contributed by atoms with van der Waals surface area (Å²) in [5.74, 6) is -0.0574. The quantitative estimate of drug-likeness (QED) is 0.543. The molecule has 0 saturated carbocycles. The fourth-order valence-corrected chi connectivity index (χ4v) is 2.69. The van der Waals surface area contributed by atoms with Gasteiger partial charge in [-0.1, -0.05) is 0 Å². The monoisotopic (exact) mass is 367 g/mol. The fourth-order valence-electron chi connectivity index (χ4n) is 1.94. The van der Waals surface area contributed by atoms with Gasteiger partial charge in [0.25, 0.3) is 0 Å². The molecule has 0 aliphatic rings. The van der Waals surface area contributed by atoms with Crippen LogP contribution in [0.25, 0.3) is 0 Å². The highest BCUT2D eigenvalue weighted by atomic mass is 32.2. The predicted octanol–water partition coefficient (Wildman–Crippen LogP) is 3.65. The van der Waals surface area contributed by atoms with E-state index in [1.54, 1.807) is 12.1 Å². The van der Waals surface area contributed by atoms with E-state index >= 15 is 0 Å². The van der Waals surface area contributed by atoms with Gasteiger partial charge in [0.1, 0.15) is 29.7 Å². The standard InChI is InChI=1S/C18H19F2NO3S/c1-2-23-14-4-6-15(7-5-14)24-10-9-21-18(22)12-25-17-8-3-13(19)11-16(17)20/h3-8,11H,2,9-10,12H2,1H3,(H,21,22). The van der Waals surface area contributed by atoms with Crippen molar-refractivity contribution in [1.29, 1.82) is 0 Å². The first-order valence-corrected chi connectivity index (χ1v) is 8.77.